The molecule has 0 bridgehead atoms. The third-order valence-electron chi connectivity index (χ3n) is 5.05. The van der Waals surface area contributed by atoms with Crippen LogP contribution >= 0.6 is 0 Å². The quantitative estimate of drug-likeness (QED) is 0.768. The molecule has 1 saturated carbocycles. The molecule has 0 amide bonds. The van der Waals surface area contributed by atoms with Gasteiger partial charge in [0.15, 0.2) is 0 Å². The first-order chi connectivity index (χ1) is 13.2. The van der Waals surface area contributed by atoms with Crippen molar-refractivity contribution < 1.29 is 0 Å². The van der Waals surface area contributed by atoms with Gasteiger partial charge in [0.05, 0.1) is 17.4 Å². The highest BCUT2D eigenvalue weighted by molar-refractivity contribution is 5.56. The minimum atomic E-state index is -0.0520. The normalized spacial score (nSPS) is 19.6. The molecule has 1 aliphatic carbocycles. The van der Waals surface area contributed by atoms with Gasteiger partial charge >= 0.3 is 0 Å². The number of nitrogens with zero attached hydrogens (tertiary/aromatic N) is 5. The maximum Gasteiger partial charge on any atom is 0.267 e. The molecule has 0 aromatic carbocycles. The van der Waals surface area contributed by atoms with Crippen molar-refractivity contribution in [3.8, 4) is 11.3 Å². The van der Waals surface area contributed by atoms with Gasteiger partial charge in [-0.25, -0.2) is 9.67 Å². The van der Waals surface area contributed by atoms with E-state index in [1.165, 1.54) is 0 Å². The Morgan fingerprint density at radius 2 is 1.85 bits per heavy atom. The van der Waals surface area contributed by atoms with E-state index in [-0.39, 0.29) is 11.6 Å². The van der Waals surface area contributed by atoms with Gasteiger partial charge in [0.2, 0.25) is 0 Å². The van der Waals surface area contributed by atoms with E-state index in [0.717, 1.165) is 48.5 Å². The average molecular weight is 362 g/mol. The van der Waals surface area contributed by atoms with Crippen LogP contribution in [0.15, 0.2) is 53.8 Å². The zero-order valence-corrected chi connectivity index (χ0v) is 15.2. The lowest BCUT2D eigenvalue weighted by Crippen LogP contribution is -2.33. The first kappa shape index (κ1) is 17.3. The Bertz CT molecular complexity index is 963. The molecule has 0 atom stereocenters. The summed E-state index contributed by atoms with van der Waals surface area (Å²) in [4.78, 5) is 25.1. The summed E-state index contributed by atoms with van der Waals surface area (Å²) in [6, 6.07) is 7.65. The van der Waals surface area contributed by atoms with Crippen molar-refractivity contribution in [2.24, 2.45) is 0 Å². The molecule has 1 N–H and O–H groups in total. The summed E-state index contributed by atoms with van der Waals surface area (Å²) in [6.07, 6.45) is 10.6. The SMILES string of the molecule is Cc1nccnc1NC1CCC(n2nc(-c3cccnc3)ccc2=O)CC1. The van der Waals surface area contributed by atoms with Crippen LogP contribution < -0.4 is 10.9 Å². The van der Waals surface area contributed by atoms with Gasteiger partial charge < -0.3 is 5.32 Å². The van der Waals surface area contributed by atoms with Gasteiger partial charge in [-0.05, 0) is 50.8 Å². The first-order valence-corrected chi connectivity index (χ1v) is 9.25. The molecule has 0 unspecified atom stereocenters. The van der Waals surface area contributed by atoms with E-state index >= 15 is 0 Å². The van der Waals surface area contributed by atoms with E-state index in [2.05, 4.69) is 25.4 Å². The van der Waals surface area contributed by atoms with Crippen molar-refractivity contribution >= 4 is 5.82 Å². The molecule has 0 aliphatic heterocycles. The summed E-state index contributed by atoms with van der Waals surface area (Å²) in [5.74, 6) is 0.842. The Hall–Kier alpha value is -3.09. The van der Waals surface area contributed by atoms with E-state index in [1.807, 2.05) is 19.1 Å². The summed E-state index contributed by atoms with van der Waals surface area (Å²) in [5, 5.41) is 8.09. The fraction of sp³-hybridized carbons (Fsp3) is 0.350. The van der Waals surface area contributed by atoms with Gasteiger partial charge in [-0.2, -0.15) is 5.10 Å². The zero-order valence-electron chi connectivity index (χ0n) is 15.2. The van der Waals surface area contributed by atoms with Crippen molar-refractivity contribution in [3.63, 3.8) is 0 Å². The highest BCUT2D eigenvalue weighted by atomic mass is 16.1. The molecule has 0 spiro atoms. The molecule has 1 fully saturated rings. The second-order valence-corrected chi connectivity index (χ2v) is 6.88. The van der Waals surface area contributed by atoms with E-state index in [0.29, 0.717) is 6.04 Å². The van der Waals surface area contributed by atoms with Crippen LogP contribution in [0.5, 0.6) is 0 Å². The average Bonchev–Trinajstić information content (AvgIpc) is 2.71. The second-order valence-electron chi connectivity index (χ2n) is 6.88. The molecule has 1 aliphatic rings. The fourth-order valence-electron chi connectivity index (χ4n) is 3.56. The minimum Gasteiger partial charge on any atom is -0.366 e. The van der Waals surface area contributed by atoms with E-state index in [4.69, 9.17) is 0 Å². The summed E-state index contributed by atoms with van der Waals surface area (Å²) in [5.41, 5.74) is 2.54. The van der Waals surface area contributed by atoms with Crippen molar-refractivity contribution in [2.75, 3.05) is 5.32 Å². The van der Waals surface area contributed by atoms with Crippen LogP contribution in [-0.2, 0) is 0 Å². The lowest BCUT2D eigenvalue weighted by Gasteiger charge is -2.30. The van der Waals surface area contributed by atoms with Gasteiger partial charge in [0.1, 0.15) is 5.82 Å². The summed E-state index contributed by atoms with van der Waals surface area (Å²) >= 11 is 0. The highest BCUT2D eigenvalue weighted by Gasteiger charge is 2.24. The predicted octanol–water partition coefficient (Wildman–Crippen LogP) is 3.00. The molecular formula is C20H22N6O. The number of anilines is 1. The number of aryl methyl sites for hydroxylation is 1. The predicted molar refractivity (Wildman–Crippen MR) is 103 cm³/mol. The molecule has 138 valence electrons. The third kappa shape index (κ3) is 3.86. The number of nitrogens with one attached hydrogen (secondary N) is 1. The van der Waals surface area contributed by atoms with Crippen molar-refractivity contribution in [2.45, 2.75) is 44.7 Å². The molecule has 27 heavy (non-hydrogen) atoms. The van der Waals surface area contributed by atoms with Crippen LogP contribution in [0.3, 0.4) is 0 Å². The van der Waals surface area contributed by atoms with Gasteiger partial charge in [0, 0.05) is 42.5 Å². The second kappa shape index (κ2) is 7.65. The summed E-state index contributed by atoms with van der Waals surface area (Å²) < 4.78 is 1.64. The molecule has 7 nitrogen and oxygen atoms in total. The Kier molecular flexibility index (Phi) is 4.91. The van der Waals surface area contributed by atoms with Crippen LogP contribution in [0.1, 0.15) is 37.4 Å². The van der Waals surface area contributed by atoms with E-state index in [9.17, 15) is 4.79 Å². The number of aromatic nitrogens is 5. The zero-order chi connectivity index (χ0) is 18.6. The molecule has 7 heteroatoms. The highest BCUT2D eigenvalue weighted by Crippen LogP contribution is 2.29. The Labute approximate surface area is 157 Å². The standard InChI is InChI=1S/C20H22N6O/c1-14-20(23-12-11-22-14)24-16-4-6-17(7-5-16)26-19(27)9-8-18(25-26)15-3-2-10-21-13-15/h2-3,8-13,16-17H,4-7H2,1H3,(H,23,24). The fourth-order valence-corrected chi connectivity index (χ4v) is 3.56. The third-order valence-corrected chi connectivity index (χ3v) is 5.05. The van der Waals surface area contributed by atoms with Crippen molar-refractivity contribution in [3.05, 3.63) is 65.1 Å². The summed E-state index contributed by atoms with van der Waals surface area (Å²) in [7, 11) is 0. The lowest BCUT2D eigenvalue weighted by atomic mass is 9.91. The number of pyridine rings is 1. The molecule has 0 radical (unpaired) electrons. The van der Waals surface area contributed by atoms with E-state index in [1.54, 1.807) is 41.6 Å². The molecule has 3 aromatic heterocycles. The maximum absolute atomic E-state index is 12.4. The summed E-state index contributed by atoms with van der Waals surface area (Å²) in [6.45, 7) is 1.95. The lowest BCUT2D eigenvalue weighted by molar-refractivity contribution is 0.304. The monoisotopic (exact) mass is 362 g/mol. The van der Waals surface area contributed by atoms with Gasteiger partial charge in [0.25, 0.3) is 5.56 Å². The number of hydrogen-bond donors (Lipinski definition) is 1. The topological polar surface area (TPSA) is 85.6 Å². The molecular weight excluding hydrogens is 340 g/mol. The van der Waals surface area contributed by atoms with Gasteiger partial charge in [-0.15, -0.1) is 0 Å². The smallest absolute Gasteiger partial charge is 0.267 e. The van der Waals surface area contributed by atoms with E-state index < -0.39 is 0 Å². The van der Waals surface area contributed by atoms with Crippen LogP contribution in [0.4, 0.5) is 5.82 Å². The van der Waals surface area contributed by atoms with Crippen LogP contribution in [0.25, 0.3) is 11.3 Å². The van der Waals surface area contributed by atoms with Gasteiger partial charge in [-0.3, -0.25) is 14.8 Å². The first-order valence-electron chi connectivity index (χ1n) is 9.25. The van der Waals surface area contributed by atoms with Gasteiger partial charge in [-0.1, -0.05) is 0 Å². The molecule has 3 heterocycles. The van der Waals surface area contributed by atoms with Crippen molar-refractivity contribution in [1.82, 2.24) is 24.7 Å². The minimum absolute atomic E-state index is 0.0520. The number of hydrogen-bond acceptors (Lipinski definition) is 6. The maximum atomic E-state index is 12.4. The number of rotatable bonds is 4. The Balaban J connectivity index is 1.47. The largest absolute Gasteiger partial charge is 0.366 e. The van der Waals surface area contributed by atoms with Crippen LogP contribution in [0, 0.1) is 6.92 Å². The van der Waals surface area contributed by atoms with Crippen molar-refractivity contribution in [1.29, 1.82) is 0 Å². The van der Waals surface area contributed by atoms with Crippen LogP contribution in [-0.4, -0.2) is 30.8 Å². The molecule has 0 saturated heterocycles. The molecule has 3 aromatic rings. The Morgan fingerprint density at radius 3 is 2.59 bits per heavy atom. The Morgan fingerprint density at radius 1 is 1.04 bits per heavy atom. The van der Waals surface area contributed by atoms with Crippen LogP contribution in [0.2, 0.25) is 0 Å². The molecule has 4 rings (SSSR count).